The van der Waals surface area contributed by atoms with Crippen LogP contribution in [0.1, 0.15) is 69.7 Å². The minimum atomic E-state index is 0.219. The molecule has 0 bridgehead atoms. The number of aromatic nitrogens is 1. The minimum Gasteiger partial charge on any atom is -0.345 e. The SMILES string of the molecule is CCCCCCC(=O)N(Cc1cccn1Cc1ccc(C)cc1)C(C)C. The Balaban J connectivity index is 2.01. The summed E-state index contributed by atoms with van der Waals surface area (Å²) in [4.78, 5) is 14.7. The predicted molar refractivity (Wildman–Crippen MR) is 109 cm³/mol. The van der Waals surface area contributed by atoms with Crippen LogP contribution >= 0.6 is 0 Å². The summed E-state index contributed by atoms with van der Waals surface area (Å²) in [6, 6.07) is 13.1. The topological polar surface area (TPSA) is 25.2 Å². The van der Waals surface area contributed by atoms with Gasteiger partial charge in [-0.3, -0.25) is 4.79 Å². The van der Waals surface area contributed by atoms with Gasteiger partial charge in [-0.05, 0) is 44.9 Å². The van der Waals surface area contributed by atoms with Gasteiger partial charge in [0.25, 0.3) is 0 Å². The van der Waals surface area contributed by atoms with Gasteiger partial charge in [0.05, 0.1) is 6.54 Å². The summed E-state index contributed by atoms with van der Waals surface area (Å²) in [5.41, 5.74) is 3.76. The molecule has 1 aromatic carbocycles. The summed E-state index contributed by atoms with van der Waals surface area (Å²) in [6.45, 7) is 10.1. The van der Waals surface area contributed by atoms with Crippen molar-refractivity contribution in [1.82, 2.24) is 9.47 Å². The van der Waals surface area contributed by atoms with E-state index >= 15 is 0 Å². The number of benzene rings is 1. The standard InChI is InChI=1S/C23H34N2O/c1-5-6-7-8-11-23(26)25(19(2)3)18-22-10-9-16-24(22)17-21-14-12-20(4)13-15-21/h9-10,12-16,19H,5-8,11,17-18H2,1-4H3. The number of amides is 1. The lowest BCUT2D eigenvalue weighted by molar-refractivity contribution is -0.133. The van der Waals surface area contributed by atoms with Crippen LogP contribution in [0.4, 0.5) is 0 Å². The molecule has 2 aromatic rings. The first-order chi connectivity index (χ1) is 12.5. The van der Waals surface area contributed by atoms with Gasteiger partial charge >= 0.3 is 0 Å². The zero-order valence-corrected chi connectivity index (χ0v) is 16.9. The van der Waals surface area contributed by atoms with Crippen LogP contribution < -0.4 is 0 Å². The fourth-order valence-corrected chi connectivity index (χ4v) is 3.22. The van der Waals surface area contributed by atoms with Crippen LogP contribution in [0.25, 0.3) is 0 Å². The molecule has 26 heavy (non-hydrogen) atoms. The molecule has 142 valence electrons. The second-order valence-electron chi connectivity index (χ2n) is 7.54. The van der Waals surface area contributed by atoms with E-state index < -0.39 is 0 Å². The van der Waals surface area contributed by atoms with Gasteiger partial charge in [0, 0.05) is 30.9 Å². The zero-order valence-electron chi connectivity index (χ0n) is 16.9. The third-order valence-corrected chi connectivity index (χ3v) is 4.92. The van der Waals surface area contributed by atoms with E-state index in [0.717, 1.165) is 19.4 Å². The van der Waals surface area contributed by atoms with Crippen LogP contribution in [0.15, 0.2) is 42.6 Å². The first-order valence-electron chi connectivity index (χ1n) is 10.00. The van der Waals surface area contributed by atoms with E-state index in [-0.39, 0.29) is 11.9 Å². The number of carbonyl (C=O) groups excluding carboxylic acids is 1. The molecule has 0 N–H and O–H groups in total. The Hall–Kier alpha value is -2.03. The number of unbranched alkanes of at least 4 members (excludes halogenated alkanes) is 3. The molecular formula is C23H34N2O. The molecule has 1 aromatic heterocycles. The zero-order chi connectivity index (χ0) is 18.9. The van der Waals surface area contributed by atoms with E-state index in [4.69, 9.17) is 0 Å². The maximum absolute atomic E-state index is 12.7. The quantitative estimate of drug-likeness (QED) is 0.513. The lowest BCUT2D eigenvalue weighted by Crippen LogP contribution is -2.36. The van der Waals surface area contributed by atoms with Gasteiger partial charge in [0.1, 0.15) is 0 Å². The van der Waals surface area contributed by atoms with Crippen LogP contribution in [-0.4, -0.2) is 21.4 Å². The number of carbonyl (C=O) groups is 1. The smallest absolute Gasteiger partial charge is 0.223 e. The molecule has 0 unspecified atom stereocenters. The van der Waals surface area contributed by atoms with E-state index in [1.807, 2.05) is 4.90 Å². The van der Waals surface area contributed by atoms with Crippen LogP contribution in [0.2, 0.25) is 0 Å². The summed E-state index contributed by atoms with van der Waals surface area (Å²) in [7, 11) is 0. The molecule has 0 aliphatic heterocycles. The average molecular weight is 355 g/mol. The highest BCUT2D eigenvalue weighted by molar-refractivity contribution is 5.76. The highest BCUT2D eigenvalue weighted by atomic mass is 16.2. The van der Waals surface area contributed by atoms with E-state index in [1.54, 1.807) is 0 Å². The molecule has 3 nitrogen and oxygen atoms in total. The third kappa shape index (κ3) is 6.05. The van der Waals surface area contributed by atoms with E-state index in [1.165, 1.54) is 29.7 Å². The summed E-state index contributed by atoms with van der Waals surface area (Å²) >= 11 is 0. The van der Waals surface area contributed by atoms with Crippen LogP contribution in [0.5, 0.6) is 0 Å². The van der Waals surface area contributed by atoms with Gasteiger partial charge in [0.2, 0.25) is 5.91 Å². The third-order valence-electron chi connectivity index (χ3n) is 4.92. The maximum Gasteiger partial charge on any atom is 0.223 e. The number of nitrogens with zero attached hydrogens (tertiary/aromatic N) is 2. The molecule has 3 heteroatoms. The summed E-state index contributed by atoms with van der Waals surface area (Å²) in [5, 5.41) is 0. The molecule has 1 amide bonds. The van der Waals surface area contributed by atoms with Crippen molar-refractivity contribution in [2.24, 2.45) is 0 Å². The molecule has 2 rings (SSSR count). The second-order valence-corrected chi connectivity index (χ2v) is 7.54. The molecule has 0 atom stereocenters. The molecule has 0 fully saturated rings. The number of aryl methyl sites for hydroxylation is 1. The van der Waals surface area contributed by atoms with Crippen LogP contribution in [-0.2, 0) is 17.9 Å². The minimum absolute atomic E-state index is 0.219. The van der Waals surface area contributed by atoms with Gasteiger partial charge in [-0.25, -0.2) is 0 Å². The highest BCUT2D eigenvalue weighted by Gasteiger charge is 2.18. The van der Waals surface area contributed by atoms with Gasteiger partial charge in [0.15, 0.2) is 0 Å². The number of hydrogen-bond donors (Lipinski definition) is 0. The second kappa shape index (κ2) is 10.2. The normalized spacial score (nSPS) is 11.1. The summed E-state index contributed by atoms with van der Waals surface area (Å²) in [6.07, 6.45) is 7.34. The summed E-state index contributed by atoms with van der Waals surface area (Å²) < 4.78 is 2.25. The fraction of sp³-hybridized carbons (Fsp3) is 0.522. The molecular weight excluding hydrogens is 320 g/mol. The Bertz CT molecular complexity index is 670. The van der Waals surface area contributed by atoms with Gasteiger partial charge in [-0.15, -0.1) is 0 Å². The molecule has 0 spiro atoms. The van der Waals surface area contributed by atoms with Crippen LogP contribution in [0, 0.1) is 6.92 Å². The first-order valence-corrected chi connectivity index (χ1v) is 10.00. The lowest BCUT2D eigenvalue weighted by Gasteiger charge is -2.27. The van der Waals surface area contributed by atoms with Gasteiger partial charge in [-0.2, -0.15) is 0 Å². The van der Waals surface area contributed by atoms with Crippen molar-refractivity contribution < 1.29 is 4.79 Å². The Morgan fingerprint density at radius 2 is 1.81 bits per heavy atom. The predicted octanol–water partition coefficient (Wildman–Crippen LogP) is 5.55. The molecule has 0 aliphatic carbocycles. The lowest BCUT2D eigenvalue weighted by atomic mass is 10.1. The van der Waals surface area contributed by atoms with Crippen molar-refractivity contribution in [3.8, 4) is 0 Å². The number of hydrogen-bond acceptors (Lipinski definition) is 1. The van der Waals surface area contributed by atoms with Crippen molar-refractivity contribution in [2.45, 2.75) is 78.9 Å². The molecule has 1 heterocycles. The molecule has 0 radical (unpaired) electrons. The molecule has 0 aliphatic rings. The van der Waals surface area contributed by atoms with E-state index in [0.29, 0.717) is 13.0 Å². The molecule has 0 saturated heterocycles. The average Bonchev–Trinajstić information content (AvgIpc) is 3.05. The molecule has 0 saturated carbocycles. The highest BCUT2D eigenvalue weighted by Crippen LogP contribution is 2.15. The van der Waals surface area contributed by atoms with Crippen molar-refractivity contribution in [1.29, 1.82) is 0 Å². The Morgan fingerprint density at radius 3 is 2.46 bits per heavy atom. The fourth-order valence-electron chi connectivity index (χ4n) is 3.22. The van der Waals surface area contributed by atoms with Gasteiger partial charge < -0.3 is 9.47 Å². The largest absolute Gasteiger partial charge is 0.345 e. The summed E-state index contributed by atoms with van der Waals surface area (Å²) in [5.74, 6) is 0.277. The van der Waals surface area contributed by atoms with Gasteiger partial charge in [-0.1, -0.05) is 56.0 Å². The maximum atomic E-state index is 12.7. The van der Waals surface area contributed by atoms with Crippen molar-refractivity contribution >= 4 is 5.91 Å². The Labute approximate surface area is 159 Å². The van der Waals surface area contributed by atoms with Crippen molar-refractivity contribution in [3.05, 3.63) is 59.4 Å². The number of rotatable bonds is 10. The first kappa shape index (κ1) is 20.3. The van der Waals surface area contributed by atoms with Crippen LogP contribution in [0.3, 0.4) is 0 Å². The van der Waals surface area contributed by atoms with E-state index in [9.17, 15) is 4.79 Å². The van der Waals surface area contributed by atoms with Crippen molar-refractivity contribution in [2.75, 3.05) is 0 Å². The van der Waals surface area contributed by atoms with Crippen molar-refractivity contribution in [3.63, 3.8) is 0 Å². The Kier molecular flexibility index (Phi) is 7.96. The Morgan fingerprint density at radius 1 is 1.08 bits per heavy atom. The monoisotopic (exact) mass is 354 g/mol. The van der Waals surface area contributed by atoms with E-state index in [2.05, 4.69) is 74.9 Å².